The highest BCUT2D eigenvalue weighted by Crippen LogP contribution is 2.40. The van der Waals surface area contributed by atoms with Crippen molar-refractivity contribution in [2.75, 3.05) is 18.0 Å². The van der Waals surface area contributed by atoms with E-state index >= 15 is 0 Å². The van der Waals surface area contributed by atoms with Gasteiger partial charge in [0.15, 0.2) is 0 Å². The second kappa shape index (κ2) is 4.30. The van der Waals surface area contributed by atoms with Crippen LogP contribution in [0.2, 0.25) is 0 Å². The molecule has 2 nitrogen and oxygen atoms in total. The fraction of sp³-hybridized carbons (Fsp3) is 0.571. The lowest BCUT2D eigenvalue weighted by Crippen LogP contribution is -2.21. The summed E-state index contributed by atoms with van der Waals surface area (Å²) in [6, 6.07) is 5.07. The van der Waals surface area contributed by atoms with Gasteiger partial charge in [-0.3, -0.25) is 0 Å². The lowest BCUT2D eigenvalue weighted by atomic mass is 10.0. The molecule has 0 bridgehead atoms. The third-order valence-electron chi connectivity index (χ3n) is 4.26. The van der Waals surface area contributed by atoms with E-state index in [0.29, 0.717) is 11.3 Å². The number of nitrogens with zero attached hydrogens (tertiary/aromatic N) is 1. The molecule has 2 unspecified atom stereocenters. The first-order chi connectivity index (χ1) is 8.28. The molecule has 1 aliphatic carbocycles. The second-order valence-corrected chi connectivity index (χ2v) is 5.30. The smallest absolute Gasteiger partial charge is 0.146 e. The first-order valence-corrected chi connectivity index (χ1v) is 6.42. The van der Waals surface area contributed by atoms with E-state index in [-0.39, 0.29) is 12.4 Å². The zero-order chi connectivity index (χ0) is 11.8. The van der Waals surface area contributed by atoms with Crippen LogP contribution in [0.4, 0.5) is 10.1 Å². The Morgan fingerprint density at radius 1 is 1.24 bits per heavy atom. The van der Waals surface area contributed by atoms with Crippen LogP contribution in [0, 0.1) is 17.7 Å². The lowest BCUT2D eigenvalue weighted by molar-refractivity contribution is 0.281. The van der Waals surface area contributed by atoms with Crippen molar-refractivity contribution in [2.24, 2.45) is 11.8 Å². The maximum atomic E-state index is 13.9. The maximum Gasteiger partial charge on any atom is 0.146 e. The van der Waals surface area contributed by atoms with Gasteiger partial charge in [-0.2, -0.15) is 0 Å². The van der Waals surface area contributed by atoms with E-state index < -0.39 is 0 Å². The summed E-state index contributed by atoms with van der Waals surface area (Å²) in [4.78, 5) is 2.17. The predicted molar refractivity (Wildman–Crippen MR) is 65.4 cm³/mol. The summed E-state index contributed by atoms with van der Waals surface area (Å²) in [5.74, 6) is 1.34. The van der Waals surface area contributed by atoms with Crippen LogP contribution < -0.4 is 4.90 Å². The Balaban J connectivity index is 1.81. The number of hydrogen-bond donors (Lipinski definition) is 1. The van der Waals surface area contributed by atoms with Crippen molar-refractivity contribution in [3.63, 3.8) is 0 Å². The number of hydrogen-bond acceptors (Lipinski definition) is 2. The molecule has 1 saturated carbocycles. The number of rotatable bonds is 2. The molecule has 2 aliphatic rings. The quantitative estimate of drug-likeness (QED) is 0.851. The number of fused-ring (bicyclic) bond motifs is 1. The highest BCUT2D eigenvalue weighted by Gasteiger charge is 2.36. The van der Waals surface area contributed by atoms with Crippen LogP contribution in [0.1, 0.15) is 24.8 Å². The Morgan fingerprint density at radius 2 is 1.94 bits per heavy atom. The van der Waals surface area contributed by atoms with Crippen LogP contribution in [0.3, 0.4) is 0 Å². The minimum Gasteiger partial charge on any atom is -0.392 e. The van der Waals surface area contributed by atoms with Crippen LogP contribution in [-0.4, -0.2) is 18.2 Å². The minimum atomic E-state index is -0.198. The number of aliphatic hydroxyl groups is 1. The number of anilines is 1. The average Bonchev–Trinajstić information content (AvgIpc) is 2.89. The summed E-state index contributed by atoms with van der Waals surface area (Å²) >= 11 is 0. The van der Waals surface area contributed by atoms with E-state index in [9.17, 15) is 4.39 Å². The zero-order valence-corrected chi connectivity index (χ0v) is 9.90. The van der Waals surface area contributed by atoms with Crippen molar-refractivity contribution in [1.82, 2.24) is 0 Å². The van der Waals surface area contributed by atoms with Crippen molar-refractivity contribution in [3.05, 3.63) is 29.6 Å². The van der Waals surface area contributed by atoms with Crippen LogP contribution in [0.25, 0.3) is 0 Å². The summed E-state index contributed by atoms with van der Waals surface area (Å²) in [6.07, 6.45) is 3.95. The van der Waals surface area contributed by atoms with E-state index in [4.69, 9.17) is 5.11 Å². The van der Waals surface area contributed by atoms with Gasteiger partial charge >= 0.3 is 0 Å². The Labute approximate surface area is 101 Å². The van der Waals surface area contributed by atoms with Gasteiger partial charge in [0, 0.05) is 13.1 Å². The first-order valence-electron chi connectivity index (χ1n) is 6.42. The molecule has 1 aliphatic heterocycles. The molecule has 2 fully saturated rings. The van der Waals surface area contributed by atoms with E-state index in [0.717, 1.165) is 24.9 Å². The molecule has 1 aromatic rings. The maximum absolute atomic E-state index is 13.9. The van der Waals surface area contributed by atoms with E-state index in [1.807, 2.05) is 12.1 Å². The number of aliphatic hydroxyl groups excluding tert-OH is 1. The molecule has 3 heteroatoms. The zero-order valence-electron chi connectivity index (χ0n) is 9.90. The standard InChI is InChI=1S/C14H18FNO/c15-13-6-10(9-17)4-5-14(13)16-7-11-2-1-3-12(11)8-16/h4-6,11-12,17H,1-3,7-9H2. The molecule has 1 N–H and O–H groups in total. The van der Waals surface area contributed by atoms with Crippen LogP contribution in [0.15, 0.2) is 18.2 Å². The van der Waals surface area contributed by atoms with Gasteiger partial charge in [0.25, 0.3) is 0 Å². The summed E-state index contributed by atoms with van der Waals surface area (Å²) in [5.41, 5.74) is 1.35. The summed E-state index contributed by atoms with van der Waals surface area (Å²) in [7, 11) is 0. The topological polar surface area (TPSA) is 23.5 Å². The van der Waals surface area contributed by atoms with Crippen molar-refractivity contribution >= 4 is 5.69 Å². The van der Waals surface area contributed by atoms with Gasteiger partial charge in [-0.25, -0.2) is 4.39 Å². The van der Waals surface area contributed by atoms with E-state index in [1.165, 1.54) is 25.3 Å². The summed E-state index contributed by atoms with van der Waals surface area (Å²) in [5, 5.41) is 8.97. The fourth-order valence-electron chi connectivity index (χ4n) is 3.34. The number of benzene rings is 1. The lowest BCUT2D eigenvalue weighted by Gasteiger charge is -2.20. The van der Waals surface area contributed by atoms with Crippen molar-refractivity contribution in [2.45, 2.75) is 25.9 Å². The molecule has 3 rings (SSSR count). The largest absolute Gasteiger partial charge is 0.392 e. The molecule has 0 amide bonds. The molecule has 92 valence electrons. The van der Waals surface area contributed by atoms with Gasteiger partial charge in [-0.1, -0.05) is 12.5 Å². The van der Waals surface area contributed by atoms with Gasteiger partial charge in [0.1, 0.15) is 5.82 Å². The first kappa shape index (κ1) is 11.0. The molecule has 0 aromatic heterocycles. The van der Waals surface area contributed by atoms with Crippen molar-refractivity contribution < 1.29 is 9.50 Å². The molecule has 17 heavy (non-hydrogen) atoms. The Hall–Kier alpha value is -1.09. The predicted octanol–water partition coefficient (Wildman–Crippen LogP) is 2.55. The highest BCUT2D eigenvalue weighted by atomic mass is 19.1. The van der Waals surface area contributed by atoms with Gasteiger partial charge in [-0.15, -0.1) is 0 Å². The molecule has 0 radical (unpaired) electrons. The van der Waals surface area contributed by atoms with E-state index in [1.54, 1.807) is 0 Å². The normalized spacial score (nSPS) is 27.5. The molecule has 0 spiro atoms. The minimum absolute atomic E-state index is 0.0948. The third kappa shape index (κ3) is 1.93. The summed E-state index contributed by atoms with van der Waals surface area (Å²) in [6.45, 7) is 1.91. The summed E-state index contributed by atoms with van der Waals surface area (Å²) < 4.78 is 13.9. The van der Waals surface area contributed by atoms with Crippen molar-refractivity contribution in [3.8, 4) is 0 Å². The third-order valence-corrected chi connectivity index (χ3v) is 4.26. The van der Waals surface area contributed by atoms with Gasteiger partial charge < -0.3 is 10.0 Å². The molecule has 1 saturated heterocycles. The molecule has 1 aromatic carbocycles. The van der Waals surface area contributed by atoms with Crippen LogP contribution in [0.5, 0.6) is 0 Å². The second-order valence-electron chi connectivity index (χ2n) is 5.30. The molecular weight excluding hydrogens is 217 g/mol. The fourth-order valence-corrected chi connectivity index (χ4v) is 3.34. The highest BCUT2D eigenvalue weighted by molar-refractivity contribution is 5.50. The van der Waals surface area contributed by atoms with Gasteiger partial charge in [0.05, 0.1) is 12.3 Å². The average molecular weight is 235 g/mol. The van der Waals surface area contributed by atoms with Gasteiger partial charge in [0.2, 0.25) is 0 Å². The Kier molecular flexibility index (Phi) is 2.79. The van der Waals surface area contributed by atoms with E-state index in [2.05, 4.69) is 4.90 Å². The van der Waals surface area contributed by atoms with Gasteiger partial charge in [-0.05, 0) is 42.4 Å². The molecular formula is C14H18FNO. The van der Waals surface area contributed by atoms with Crippen LogP contribution >= 0.6 is 0 Å². The van der Waals surface area contributed by atoms with Crippen molar-refractivity contribution in [1.29, 1.82) is 0 Å². The SMILES string of the molecule is OCc1ccc(N2CC3CCCC3C2)c(F)c1. The Morgan fingerprint density at radius 3 is 2.53 bits per heavy atom. The van der Waals surface area contributed by atoms with Crippen LogP contribution in [-0.2, 0) is 6.61 Å². The number of halogens is 1. The monoisotopic (exact) mass is 235 g/mol. The molecule has 2 atom stereocenters. The molecule has 1 heterocycles. The Bertz CT molecular complexity index is 409.